The lowest BCUT2D eigenvalue weighted by molar-refractivity contribution is -0.222. The maximum atomic E-state index is 14.0. The van der Waals surface area contributed by atoms with Crippen LogP contribution in [-0.4, -0.2) is 54.8 Å². The summed E-state index contributed by atoms with van der Waals surface area (Å²) in [5.74, 6) is -8.63. The van der Waals surface area contributed by atoms with Crippen LogP contribution in [0.5, 0.6) is 0 Å². The second-order valence-electron chi connectivity index (χ2n) is 10.1. The van der Waals surface area contributed by atoms with Crippen molar-refractivity contribution in [3.63, 3.8) is 0 Å². The number of allylic oxidation sites excluding steroid dienone is 9. The molecule has 4 aliphatic carbocycles. The Morgan fingerprint density at radius 1 is 0.861 bits per heavy atom. The summed E-state index contributed by atoms with van der Waals surface area (Å²) in [6, 6.07) is 0. The van der Waals surface area contributed by atoms with E-state index in [1.54, 1.807) is 32.1 Å². The van der Waals surface area contributed by atoms with E-state index in [1.807, 2.05) is 0 Å². The number of aliphatic hydroxyl groups is 4. The molecule has 0 amide bonds. The maximum absolute atomic E-state index is 14.0. The van der Waals surface area contributed by atoms with Crippen molar-refractivity contribution in [2.45, 2.75) is 52.7 Å². The van der Waals surface area contributed by atoms with Crippen molar-refractivity contribution in [3.8, 4) is 0 Å². The predicted molar refractivity (Wildman–Crippen MR) is 132 cm³/mol. The van der Waals surface area contributed by atoms with Crippen LogP contribution in [0.3, 0.4) is 0 Å². The molecule has 8 nitrogen and oxygen atoms in total. The van der Waals surface area contributed by atoms with Crippen LogP contribution in [0.2, 0.25) is 0 Å². The van der Waals surface area contributed by atoms with Gasteiger partial charge in [-0.15, -0.1) is 0 Å². The highest BCUT2D eigenvalue weighted by Crippen LogP contribution is 2.70. The minimum Gasteiger partial charge on any atom is -0.509 e. The number of carbonyl (C=O) groups excluding carboxylic acids is 4. The molecule has 4 aliphatic rings. The van der Waals surface area contributed by atoms with E-state index in [0.717, 1.165) is 19.9 Å². The Labute approximate surface area is 209 Å². The molecule has 6 atom stereocenters. The summed E-state index contributed by atoms with van der Waals surface area (Å²) in [7, 11) is 0. The van der Waals surface area contributed by atoms with Crippen molar-refractivity contribution in [2.24, 2.45) is 22.7 Å². The molecule has 0 saturated heterocycles. The molecule has 4 N–H and O–H groups in total. The third-order valence-electron chi connectivity index (χ3n) is 8.03. The second-order valence-corrected chi connectivity index (χ2v) is 10.1. The number of hydrogen-bond donors (Lipinski definition) is 4. The van der Waals surface area contributed by atoms with E-state index in [1.165, 1.54) is 38.2 Å². The molecule has 4 rings (SSSR count). The summed E-state index contributed by atoms with van der Waals surface area (Å²) in [6.45, 7) is 8.03. The van der Waals surface area contributed by atoms with Crippen molar-refractivity contribution in [2.75, 3.05) is 0 Å². The standard InChI is InChI=1S/C28H32O8/c1-7-9-11-13-16(29)18-19-20-27(6,36)21(31)15(3)22(32)28(20,17(30)14-12-10-8-2)25(4,23(18)33)24(34)26(19,5)35/h7-14,19-20,29,31,35-36H,1-6H3/b9-7+,10-8+,13-11+,14-12+,18-16-/t19-,20?,25-,26-,27+,28+/m1/s1. The van der Waals surface area contributed by atoms with Crippen LogP contribution in [0.4, 0.5) is 0 Å². The quantitative estimate of drug-likeness (QED) is 0.196. The van der Waals surface area contributed by atoms with Crippen molar-refractivity contribution < 1.29 is 39.6 Å². The molecule has 3 saturated carbocycles. The van der Waals surface area contributed by atoms with Crippen molar-refractivity contribution >= 4 is 23.1 Å². The Kier molecular flexibility index (Phi) is 6.53. The van der Waals surface area contributed by atoms with Gasteiger partial charge in [-0.2, -0.15) is 0 Å². The summed E-state index contributed by atoms with van der Waals surface area (Å²) in [5.41, 5.74) is -10.4. The van der Waals surface area contributed by atoms with E-state index in [9.17, 15) is 39.6 Å². The minimum atomic E-state index is -2.49. The van der Waals surface area contributed by atoms with Crippen LogP contribution in [0, 0.1) is 22.7 Å². The van der Waals surface area contributed by atoms with Gasteiger partial charge in [-0.05, 0) is 53.7 Å². The SMILES string of the molecule is C/C=C/C=C/C(=O)[C@@]12C(=O)C(C)=C(O)[C@@](C)(O)C1[C@H]1\C(=C(O)/C=C/C=C/C)C(=O)[C@]2(C)C(=O)[C@]1(C)O. The molecule has 36 heavy (non-hydrogen) atoms. The number of rotatable bonds is 5. The summed E-state index contributed by atoms with van der Waals surface area (Å²) in [6.07, 6.45) is 11.4. The molecule has 0 heterocycles. The highest BCUT2D eigenvalue weighted by atomic mass is 16.3. The first-order valence-corrected chi connectivity index (χ1v) is 11.7. The summed E-state index contributed by atoms with van der Waals surface area (Å²) < 4.78 is 0. The molecule has 1 unspecified atom stereocenters. The lowest BCUT2D eigenvalue weighted by atomic mass is 9.32. The lowest BCUT2D eigenvalue weighted by Crippen LogP contribution is -2.82. The van der Waals surface area contributed by atoms with E-state index in [0.29, 0.717) is 0 Å². The van der Waals surface area contributed by atoms with Gasteiger partial charge in [-0.1, -0.05) is 36.5 Å². The highest BCUT2D eigenvalue weighted by Gasteiger charge is 2.85. The molecular formula is C28H32O8. The third-order valence-corrected chi connectivity index (χ3v) is 8.03. The number of hydrogen-bond acceptors (Lipinski definition) is 8. The molecule has 0 aromatic heterocycles. The van der Waals surface area contributed by atoms with Crippen LogP contribution < -0.4 is 0 Å². The molecule has 0 aliphatic heterocycles. The average Bonchev–Trinajstić information content (AvgIpc) is 2.81. The molecule has 8 heteroatoms. The molecule has 192 valence electrons. The van der Waals surface area contributed by atoms with Crippen molar-refractivity contribution in [1.82, 2.24) is 0 Å². The highest BCUT2D eigenvalue weighted by molar-refractivity contribution is 6.33. The van der Waals surface area contributed by atoms with Gasteiger partial charge in [0.1, 0.15) is 33.6 Å². The summed E-state index contributed by atoms with van der Waals surface area (Å²) in [5, 5.41) is 44.9. The van der Waals surface area contributed by atoms with Crippen LogP contribution in [-0.2, 0) is 19.2 Å². The van der Waals surface area contributed by atoms with Gasteiger partial charge in [0.15, 0.2) is 23.1 Å². The van der Waals surface area contributed by atoms with Crippen LogP contribution in [0.1, 0.15) is 41.5 Å². The zero-order valence-corrected chi connectivity index (χ0v) is 21.2. The molecule has 2 bridgehead atoms. The first-order chi connectivity index (χ1) is 16.6. The normalized spacial score (nSPS) is 40.4. The lowest BCUT2D eigenvalue weighted by Gasteiger charge is -2.66. The number of fused-ring (bicyclic) bond motifs is 2. The fourth-order valence-electron chi connectivity index (χ4n) is 6.42. The Hall–Kier alpha value is -3.36. The van der Waals surface area contributed by atoms with E-state index in [2.05, 4.69) is 0 Å². The van der Waals surface area contributed by atoms with Crippen LogP contribution >= 0.6 is 0 Å². The Morgan fingerprint density at radius 3 is 1.92 bits per heavy atom. The van der Waals surface area contributed by atoms with Gasteiger partial charge in [0.2, 0.25) is 0 Å². The first kappa shape index (κ1) is 27.2. The molecule has 0 spiro atoms. The largest absolute Gasteiger partial charge is 0.509 e. The fourth-order valence-corrected chi connectivity index (χ4v) is 6.42. The maximum Gasteiger partial charge on any atom is 0.179 e. The molecular weight excluding hydrogens is 464 g/mol. The third kappa shape index (κ3) is 3.07. The second kappa shape index (κ2) is 8.64. The Bertz CT molecular complexity index is 1240. The fraction of sp³-hybridized carbons (Fsp3) is 0.429. The van der Waals surface area contributed by atoms with Crippen LogP contribution in [0.15, 0.2) is 71.3 Å². The van der Waals surface area contributed by atoms with Gasteiger partial charge in [0.05, 0.1) is 0 Å². The van der Waals surface area contributed by atoms with Crippen molar-refractivity contribution in [1.29, 1.82) is 0 Å². The van der Waals surface area contributed by atoms with Gasteiger partial charge in [0.25, 0.3) is 0 Å². The first-order valence-electron chi connectivity index (χ1n) is 11.7. The zero-order valence-electron chi connectivity index (χ0n) is 21.2. The van der Waals surface area contributed by atoms with E-state index < -0.39 is 74.1 Å². The van der Waals surface area contributed by atoms with Crippen LogP contribution in [0.25, 0.3) is 0 Å². The van der Waals surface area contributed by atoms with Gasteiger partial charge in [-0.25, -0.2) is 0 Å². The van der Waals surface area contributed by atoms with E-state index >= 15 is 0 Å². The summed E-state index contributed by atoms with van der Waals surface area (Å²) >= 11 is 0. The average molecular weight is 497 g/mol. The number of Topliss-reactive ketones (excluding diaryl/α,β-unsaturated/α-hetero) is 3. The van der Waals surface area contributed by atoms with E-state index in [-0.39, 0.29) is 5.57 Å². The van der Waals surface area contributed by atoms with Gasteiger partial charge < -0.3 is 20.4 Å². The topological polar surface area (TPSA) is 149 Å². The number of aliphatic hydroxyl groups excluding tert-OH is 2. The van der Waals surface area contributed by atoms with Gasteiger partial charge in [0, 0.05) is 23.0 Å². The molecule has 0 aromatic carbocycles. The molecule has 0 radical (unpaired) electrons. The summed E-state index contributed by atoms with van der Waals surface area (Å²) in [4.78, 5) is 55.7. The molecule has 3 fully saturated rings. The minimum absolute atomic E-state index is 0.360. The Balaban J connectivity index is 2.56. The number of ketones is 4. The Morgan fingerprint density at radius 2 is 1.39 bits per heavy atom. The number of carbonyl (C=O) groups is 4. The van der Waals surface area contributed by atoms with Gasteiger partial charge >= 0.3 is 0 Å². The van der Waals surface area contributed by atoms with E-state index in [4.69, 9.17) is 0 Å². The van der Waals surface area contributed by atoms with Gasteiger partial charge in [-0.3, -0.25) is 19.2 Å². The smallest absolute Gasteiger partial charge is 0.179 e. The van der Waals surface area contributed by atoms with Crippen molar-refractivity contribution in [3.05, 3.63) is 71.3 Å². The molecule has 0 aromatic rings. The zero-order chi connectivity index (χ0) is 27.4. The predicted octanol–water partition coefficient (Wildman–Crippen LogP) is 2.94. The monoisotopic (exact) mass is 496 g/mol.